The summed E-state index contributed by atoms with van der Waals surface area (Å²) in [6.07, 6.45) is -0.149. The van der Waals surface area contributed by atoms with Crippen molar-refractivity contribution < 1.29 is 28.1 Å². The fraction of sp³-hybridized carbons (Fsp3) is 0.143. The van der Waals surface area contributed by atoms with Crippen LogP contribution in [0.5, 0.6) is 5.75 Å². The molecule has 0 amide bonds. The zero-order valence-electron chi connectivity index (χ0n) is 14.9. The number of rotatable bonds is 6. The van der Waals surface area contributed by atoms with Crippen molar-refractivity contribution in [3.63, 3.8) is 0 Å². The lowest BCUT2D eigenvalue weighted by molar-refractivity contribution is -0.0496. The third-order valence-corrected chi connectivity index (χ3v) is 4.25. The van der Waals surface area contributed by atoms with Crippen molar-refractivity contribution in [2.24, 2.45) is 0 Å². The average molecular weight is 400 g/mol. The molecule has 0 aliphatic rings. The minimum absolute atomic E-state index is 0.153. The molecule has 0 fully saturated rings. The van der Waals surface area contributed by atoms with Crippen molar-refractivity contribution in [3.05, 3.63) is 82.9 Å². The number of ether oxygens (including phenoxy) is 1. The summed E-state index contributed by atoms with van der Waals surface area (Å²) in [4.78, 5) is 3.94. The van der Waals surface area contributed by atoms with E-state index in [9.17, 15) is 13.9 Å². The Labute approximate surface area is 164 Å². The molecule has 1 atom stereocenters. The highest BCUT2D eigenvalue weighted by molar-refractivity contribution is 5.73. The van der Waals surface area contributed by atoms with Gasteiger partial charge in [-0.05, 0) is 35.9 Å². The molecule has 0 saturated heterocycles. The normalized spacial score (nSPS) is 11.9. The molecule has 1 aromatic heterocycles. The van der Waals surface area contributed by atoms with Crippen LogP contribution in [0, 0.1) is 17.1 Å². The van der Waals surface area contributed by atoms with E-state index in [1.165, 1.54) is 42.6 Å². The summed E-state index contributed by atoms with van der Waals surface area (Å²) in [7, 11) is 0. The Morgan fingerprint density at radius 2 is 1.93 bits per heavy atom. The van der Waals surface area contributed by atoms with E-state index in [1.54, 1.807) is 0 Å². The van der Waals surface area contributed by atoms with E-state index in [-0.39, 0.29) is 34.4 Å². The molecule has 148 valence electrons. The summed E-state index contributed by atoms with van der Waals surface area (Å²) in [5, 5.41) is 28.7. The summed E-state index contributed by atoms with van der Waals surface area (Å²) in [6, 6.07) is 12.9. The van der Waals surface area contributed by atoms with Gasteiger partial charge in [0.15, 0.2) is 0 Å². The van der Waals surface area contributed by atoms with Crippen LogP contribution in [0.1, 0.15) is 28.5 Å². The first kappa shape index (κ1) is 20.3. The van der Waals surface area contributed by atoms with Gasteiger partial charge < -0.3 is 14.9 Å². The maximum absolute atomic E-state index is 15.4. The second kappa shape index (κ2) is 8.73. The van der Waals surface area contributed by atoms with Gasteiger partial charge >= 0.3 is 6.61 Å². The number of aliphatic hydroxyl groups excluding tert-OH is 2. The van der Waals surface area contributed by atoms with Crippen LogP contribution in [-0.4, -0.2) is 21.8 Å². The molecule has 5 nitrogen and oxygen atoms in total. The summed E-state index contributed by atoms with van der Waals surface area (Å²) in [6.45, 7) is -3.47. The molecule has 2 aromatic carbocycles. The minimum Gasteiger partial charge on any atom is -0.434 e. The van der Waals surface area contributed by atoms with E-state index in [0.717, 1.165) is 12.1 Å². The number of benzene rings is 2. The molecule has 29 heavy (non-hydrogen) atoms. The Kier molecular flexibility index (Phi) is 6.12. The van der Waals surface area contributed by atoms with Gasteiger partial charge in [0.25, 0.3) is 0 Å². The summed E-state index contributed by atoms with van der Waals surface area (Å²) >= 11 is 0. The summed E-state index contributed by atoms with van der Waals surface area (Å²) in [5.74, 6) is -1.38. The van der Waals surface area contributed by atoms with Crippen LogP contribution in [-0.2, 0) is 6.61 Å². The molecule has 0 aliphatic heterocycles. The number of alkyl halides is 2. The fourth-order valence-corrected chi connectivity index (χ4v) is 2.86. The average Bonchev–Trinajstić information content (AvgIpc) is 2.73. The number of pyridine rings is 1. The third kappa shape index (κ3) is 4.37. The van der Waals surface area contributed by atoms with Gasteiger partial charge in [-0.2, -0.15) is 14.0 Å². The smallest absolute Gasteiger partial charge is 0.387 e. The van der Waals surface area contributed by atoms with Crippen LogP contribution in [0.15, 0.2) is 54.7 Å². The van der Waals surface area contributed by atoms with Gasteiger partial charge in [0, 0.05) is 17.3 Å². The number of aromatic nitrogens is 1. The predicted octanol–water partition coefficient (Wildman–Crippen LogP) is 3.93. The second-order valence-corrected chi connectivity index (χ2v) is 6.06. The minimum atomic E-state index is -3.18. The van der Waals surface area contributed by atoms with Crippen molar-refractivity contribution in [2.75, 3.05) is 0 Å². The molecule has 0 saturated carbocycles. The van der Waals surface area contributed by atoms with Gasteiger partial charge in [0.1, 0.15) is 17.7 Å². The number of hydrogen-bond donors (Lipinski definition) is 2. The topological polar surface area (TPSA) is 86.4 Å². The maximum atomic E-state index is 15.4. The van der Waals surface area contributed by atoms with Gasteiger partial charge in [-0.25, -0.2) is 4.39 Å². The van der Waals surface area contributed by atoms with Crippen molar-refractivity contribution in [3.8, 4) is 22.9 Å². The van der Waals surface area contributed by atoms with Gasteiger partial charge in [-0.3, -0.25) is 4.98 Å². The maximum Gasteiger partial charge on any atom is 0.387 e. The molecule has 0 aliphatic carbocycles. The first-order valence-electron chi connectivity index (χ1n) is 8.46. The molecule has 2 N–H and O–H groups in total. The molecule has 3 rings (SSSR count). The molecule has 1 heterocycles. The van der Waals surface area contributed by atoms with Gasteiger partial charge in [0.2, 0.25) is 0 Å². The van der Waals surface area contributed by atoms with Crippen LogP contribution in [0.3, 0.4) is 0 Å². The van der Waals surface area contributed by atoms with Gasteiger partial charge in [-0.15, -0.1) is 0 Å². The Morgan fingerprint density at radius 3 is 2.55 bits per heavy atom. The van der Waals surface area contributed by atoms with Crippen molar-refractivity contribution >= 4 is 0 Å². The molecule has 0 spiro atoms. The van der Waals surface area contributed by atoms with Gasteiger partial charge in [-0.1, -0.05) is 18.2 Å². The van der Waals surface area contributed by atoms with E-state index in [1.807, 2.05) is 6.07 Å². The Bertz CT molecular complexity index is 1050. The van der Waals surface area contributed by atoms with E-state index in [4.69, 9.17) is 10.4 Å². The molecule has 0 bridgehead atoms. The Balaban J connectivity index is 2.13. The van der Waals surface area contributed by atoms with Crippen LogP contribution in [0.25, 0.3) is 11.1 Å². The predicted molar refractivity (Wildman–Crippen MR) is 97.4 cm³/mol. The van der Waals surface area contributed by atoms with Gasteiger partial charge in [0.05, 0.1) is 29.5 Å². The molecule has 8 heteroatoms. The van der Waals surface area contributed by atoms with E-state index >= 15 is 4.39 Å². The number of hydrogen-bond acceptors (Lipinski definition) is 5. The zero-order chi connectivity index (χ0) is 21.0. The first-order chi connectivity index (χ1) is 13.9. The quantitative estimate of drug-likeness (QED) is 0.655. The largest absolute Gasteiger partial charge is 0.434 e. The Hall–Kier alpha value is -3.41. The lowest BCUT2D eigenvalue weighted by Crippen LogP contribution is -2.08. The number of halogens is 3. The second-order valence-electron chi connectivity index (χ2n) is 6.06. The lowest BCUT2D eigenvalue weighted by Gasteiger charge is -2.18. The van der Waals surface area contributed by atoms with Crippen LogP contribution >= 0.6 is 0 Å². The molecular weight excluding hydrogens is 385 g/mol. The highest BCUT2D eigenvalue weighted by Gasteiger charge is 2.23. The monoisotopic (exact) mass is 400 g/mol. The van der Waals surface area contributed by atoms with Crippen molar-refractivity contribution in [1.82, 2.24) is 4.98 Å². The van der Waals surface area contributed by atoms with E-state index < -0.39 is 24.3 Å². The fourth-order valence-electron chi connectivity index (χ4n) is 2.86. The third-order valence-electron chi connectivity index (χ3n) is 4.25. The molecule has 3 aromatic rings. The highest BCUT2D eigenvalue weighted by atomic mass is 19.3. The SMILES string of the molecule is N#Cc1cccc(-c2c(OC(F)F)ccc([C@@H](O)c3ccc(CO)nc3)c2F)c1. The highest BCUT2D eigenvalue weighted by Crippen LogP contribution is 2.38. The molecule has 0 unspecified atom stereocenters. The van der Waals surface area contributed by atoms with Crippen molar-refractivity contribution in [2.45, 2.75) is 19.3 Å². The number of aliphatic hydroxyl groups is 2. The number of nitrogens with zero attached hydrogens (tertiary/aromatic N) is 2. The van der Waals surface area contributed by atoms with Crippen LogP contribution in [0.2, 0.25) is 0 Å². The van der Waals surface area contributed by atoms with Crippen LogP contribution in [0.4, 0.5) is 13.2 Å². The summed E-state index contributed by atoms with van der Waals surface area (Å²) in [5.41, 5.74) is 0.512. The lowest BCUT2D eigenvalue weighted by atomic mass is 9.95. The summed E-state index contributed by atoms with van der Waals surface area (Å²) < 4.78 is 45.4. The van der Waals surface area contributed by atoms with E-state index in [0.29, 0.717) is 5.69 Å². The Morgan fingerprint density at radius 1 is 1.14 bits per heavy atom. The first-order valence-corrected chi connectivity index (χ1v) is 8.46. The van der Waals surface area contributed by atoms with Crippen molar-refractivity contribution in [1.29, 1.82) is 5.26 Å². The van der Waals surface area contributed by atoms with E-state index in [2.05, 4.69) is 9.72 Å². The number of nitriles is 1. The van der Waals surface area contributed by atoms with Crippen LogP contribution < -0.4 is 4.74 Å². The molecule has 0 radical (unpaired) electrons. The molecular formula is C21H15F3N2O3. The zero-order valence-corrected chi connectivity index (χ0v) is 14.9. The standard InChI is InChI=1S/C21H15F3N2O3/c22-19-16(20(28)14-4-5-15(11-27)26-10-14)6-7-17(29-21(23)24)18(19)13-3-1-2-12(8-13)9-25/h1-8,10,20-21,27-28H,11H2/t20-/m0/s1.